The van der Waals surface area contributed by atoms with Gasteiger partial charge in [0.05, 0.1) is 0 Å². The fourth-order valence-electron chi connectivity index (χ4n) is 2.44. The Morgan fingerprint density at radius 2 is 2.11 bits per heavy atom. The Labute approximate surface area is 112 Å². The molecule has 1 fully saturated rings. The van der Waals surface area contributed by atoms with E-state index in [0.29, 0.717) is 5.56 Å². The van der Waals surface area contributed by atoms with Crippen LogP contribution in [0.4, 0.5) is 0 Å². The zero-order valence-electron chi connectivity index (χ0n) is 10.6. The molecule has 3 nitrogen and oxygen atoms in total. The van der Waals surface area contributed by atoms with E-state index in [1.165, 1.54) is 0 Å². The number of hydrogen-bond acceptors (Lipinski definition) is 3. The predicted molar refractivity (Wildman–Crippen MR) is 73.9 cm³/mol. The number of nitrogens with one attached hydrogen (secondary N) is 1. The number of aliphatic hydroxyl groups is 1. The molecular weight excluding hydrogens is 246 g/mol. The molecule has 2 unspecified atom stereocenters. The average molecular weight is 265 g/mol. The molecule has 0 radical (unpaired) electrons. The largest absolute Gasteiger partial charge is 0.396 e. The van der Waals surface area contributed by atoms with Crippen molar-refractivity contribution in [2.24, 2.45) is 5.92 Å². The predicted octanol–water partition coefficient (Wildman–Crippen LogP) is 2.30. The number of aliphatic hydroxyl groups excluding tert-OH is 1. The highest BCUT2D eigenvalue weighted by Gasteiger charge is 2.27. The second kappa shape index (κ2) is 6.25. The third kappa shape index (κ3) is 3.06. The van der Waals surface area contributed by atoms with Gasteiger partial charge in [-0.1, -0.05) is 6.42 Å². The van der Waals surface area contributed by atoms with E-state index in [-0.39, 0.29) is 24.5 Å². The van der Waals surface area contributed by atoms with Crippen LogP contribution in [-0.2, 0) is 0 Å². The van der Waals surface area contributed by atoms with Gasteiger partial charge in [0.2, 0.25) is 0 Å². The van der Waals surface area contributed by atoms with E-state index >= 15 is 0 Å². The van der Waals surface area contributed by atoms with Gasteiger partial charge in [-0.3, -0.25) is 4.79 Å². The normalized spacial score (nSPS) is 23.0. The summed E-state index contributed by atoms with van der Waals surface area (Å²) in [5.74, 6) is 0.187. The Hall–Kier alpha value is -1.00. The number of carbonyl (C=O) groups excluding carboxylic acids is 1. The highest BCUT2D eigenvalue weighted by molar-refractivity contribution is 7.98. The van der Waals surface area contributed by atoms with Gasteiger partial charge >= 0.3 is 0 Å². The van der Waals surface area contributed by atoms with E-state index in [4.69, 9.17) is 0 Å². The highest BCUT2D eigenvalue weighted by atomic mass is 32.2. The molecule has 2 rings (SSSR count). The molecule has 2 atom stereocenters. The van der Waals surface area contributed by atoms with Crippen LogP contribution < -0.4 is 5.32 Å². The van der Waals surface area contributed by atoms with Crippen LogP contribution in [0, 0.1) is 5.92 Å². The monoisotopic (exact) mass is 265 g/mol. The minimum atomic E-state index is -0.0343. The van der Waals surface area contributed by atoms with Gasteiger partial charge in [0.1, 0.15) is 0 Å². The van der Waals surface area contributed by atoms with Crippen molar-refractivity contribution in [3.63, 3.8) is 0 Å². The second-order valence-electron chi connectivity index (χ2n) is 4.68. The van der Waals surface area contributed by atoms with Gasteiger partial charge in [0.25, 0.3) is 5.91 Å². The molecule has 0 saturated heterocycles. The molecule has 0 aliphatic heterocycles. The fraction of sp³-hybridized carbons (Fsp3) is 0.500. The average Bonchev–Trinajstić information content (AvgIpc) is 2.86. The van der Waals surface area contributed by atoms with Gasteiger partial charge in [0.15, 0.2) is 0 Å². The summed E-state index contributed by atoms with van der Waals surface area (Å²) < 4.78 is 0. The summed E-state index contributed by atoms with van der Waals surface area (Å²) in [5, 5.41) is 12.3. The van der Waals surface area contributed by atoms with Gasteiger partial charge in [-0.15, -0.1) is 11.8 Å². The van der Waals surface area contributed by atoms with E-state index in [1.54, 1.807) is 11.8 Å². The summed E-state index contributed by atoms with van der Waals surface area (Å²) in [6, 6.07) is 7.74. The maximum atomic E-state index is 12.1. The summed E-state index contributed by atoms with van der Waals surface area (Å²) in [4.78, 5) is 13.2. The van der Waals surface area contributed by atoms with E-state index in [0.717, 1.165) is 24.2 Å². The number of rotatable bonds is 4. The van der Waals surface area contributed by atoms with Gasteiger partial charge < -0.3 is 10.4 Å². The van der Waals surface area contributed by atoms with Crippen LogP contribution >= 0.6 is 11.8 Å². The number of carbonyl (C=O) groups is 1. The van der Waals surface area contributed by atoms with E-state index < -0.39 is 0 Å². The fourth-order valence-corrected chi connectivity index (χ4v) is 2.85. The molecule has 0 bridgehead atoms. The Morgan fingerprint density at radius 3 is 2.72 bits per heavy atom. The lowest BCUT2D eigenvalue weighted by Gasteiger charge is -2.19. The molecular formula is C14H19NO2S. The molecule has 1 aliphatic carbocycles. The van der Waals surface area contributed by atoms with Crippen molar-refractivity contribution in [3.05, 3.63) is 29.8 Å². The number of benzene rings is 1. The zero-order valence-corrected chi connectivity index (χ0v) is 11.4. The van der Waals surface area contributed by atoms with Crippen molar-refractivity contribution in [3.8, 4) is 0 Å². The van der Waals surface area contributed by atoms with Gasteiger partial charge in [0, 0.05) is 29.0 Å². The Bertz CT molecular complexity index is 405. The minimum Gasteiger partial charge on any atom is -0.396 e. The van der Waals surface area contributed by atoms with Gasteiger partial charge in [-0.2, -0.15) is 0 Å². The Morgan fingerprint density at radius 1 is 1.39 bits per heavy atom. The lowest BCUT2D eigenvalue weighted by atomic mass is 10.0. The third-order valence-electron chi connectivity index (χ3n) is 3.56. The molecule has 1 aromatic carbocycles. The van der Waals surface area contributed by atoms with Gasteiger partial charge in [-0.05, 0) is 43.4 Å². The first kappa shape index (κ1) is 13.4. The molecule has 2 N–H and O–H groups in total. The second-order valence-corrected chi connectivity index (χ2v) is 5.56. The first-order valence-electron chi connectivity index (χ1n) is 6.30. The summed E-state index contributed by atoms with van der Waals surface area (Å²) in [6.45, 7) is 0.163. The van der Waals surface area contributed by atoms with E-state index in [1.807, 2.05) is 30.5 Å². The van der Waals surface area contributed by atoms with Crippen molar-refractivity contribution < 1.29 is 9.90 Å². The first-order valence-corrected chi connectivity index (χ1v) is 7.53. The Kier molecular flexibility index (Phi) is 4.66. The lowest BCUT2D eigenvalue weighted by molar-refractivity contribution is 0.0916. The SMILES string of the molecule is CSc1ccc(C(=O)NC2CCCC2CO)cc1. The van der Waals surface area contributed by atoms with Crippen LogP contribution in [0.15, 0.2) is 29.2 Å². The summed E-state index contributed by atoms with van der Waals surface area (Å²) in [7, 11) is 0. The smallest absolute Gasteiger partial charge is 0.251 e. The quantitative estimate of drug-likeness (QED) is 0.821. The van der Waals surface area contributed by atoms with Crippen molar-refractivity contribution in [1.82, 2.24) is 5.32 Å². The highest BCUT2D eigenvalue weighted by Crippen LogP contribution is 2.25. The molecule has 18 heavy (non-hydrogen) atoms. The van der Waals surface area contributed by atoms with Crippen molar-refractivity contribution in [1.29, 1.82) is 0 Å². The van der Waals surface area contributed by atoms with Crippen LogP contribution in [0.2, 0.25) is 0 Å². The topological polar surface area (TPSA) is 49.3 Å². The molecule has 1 amide bonds. The van der Waals surface area contributed by atoms with Crippen molar-refractivity contribution in [2.75, 3.05) is 12.9 Å². The van der Waals surface area contributed by atoms with Gasteiger partial charge in [-0.25, -0.2) is 0 Å². The molecule has 1 aliphatic rings. The molecule has 1 saturated carbocycles. The number of thioether (sulfide) groups is 1. The van der Waals surface area contributed by atoms with Crippen molar-refractivity contribution >= 4 is 17.7 Å². The van der Waals surface area contributed by atoms with Crippen LogP contribution in [0.3, 0.4) is 0 Å². The minimum absolute atomic E-state index is 0.0343. The number of amides is 1. The maximum absolute atomic E-state index is 12.1. The van der Waals surface area contributed by atoms with Crippen LogP contribution in [-0.4, -0.2) is 29.9 Å². The van der Waals surface area contributed by atoms with E-state index in [9.17, 15) is 9.90 Å². The molecule has 1 aromatic rings. The summed E-state index contributed by atoms with van der Waals surface area (Å²) in [5.41, 5.74) is 0.691. The van der Waals surface area contributed by atoms with Crippen molar-refractivity contribution in [2.45, 2.75) is 30.2 Å². The Balaban J connectivity index is 1.98. The van der Waals surface area contributed by atoms with Crippen LogP contribution in [0.5, 0.6) is 0 Å². The molecule has 0 aromatic heterocycles. The van der Waals surface area contributed by atoms with Crippen LogP contribution in [0.25, 0.3) is 0 Å². The molecule has 4 heteroatoms. The maximum Gasteiger partial charge on any atom is 0.251 e. The third-order valence-corrected chi connectivity index (χ3v) is 4.31. The van der Waals surface area contributed by atoms with Crippen LogP contribution in [0.1, 0.15) is 29.6 Å². The van der Waals surface area contributed by atoms with E-state index in [2.05, 4.69) is 5.32 Å². The zero-order chi connectivity index (χ0) is 13.0. The molecule has 0 heterocycles. The standard InChI is InChI=1S/C14H19NO2S/c1-18-12-7-5-10(6-8-12)14(17)15-13-4-2-3-11(13)9-16/h5-8,11,13,16H,2-4,9H2,1H3,(H,15,17). The lowest BCUT2D eigenvalue weighted by Crippen LogP contribution is -2.38. The molecule has 98 valence electrons. The number of hydrogen-bond donors (Lipinski definition) is 2. The molecule has 0 spiro atoms. The summed E-state index contributed by atoms with van der Waals surface area (Å²) in [6.07, 6.45) is 5.08. The first-order chi connectivity index (χ1) is 8.74. The summed E-state index contributed by atoms with van der Waals surface area (Å²) >= 11 is 1.66.